The molecule has 22 heavy (non-hydrogen) atoms. The van der Waals surface area contributed by atoms with Crippen molar-refractivity contribution in [3.05, 3.63) is 53.4 Å². The van der Waals surface area contributed by atoms with E-state index in [1.807, 2.05) is 36.4 Å². The van der Waals surface area contributed by atoms with Gasteiger partial charge in [0.05, 0.1) is 16.8 Å². The predicted octanol–water partition coefficient (Wildman–Crippen LogP) is 3.89. The standard InChI is InChI=1S/C17H17ClN4/c18-12-6-1-2-9-15(12)22-16-14(8-5-11-20-16)21-17(22)13-7-3-4-10-19-13/h1-2,5-6,8-9,11,13,19H,3-4,7,10H2. The van der Waals surface area contributed by atoms with Crippen molar-refractivity contribution in [2.45, 2.75) is 25.3 Å². The van der Waals surface area contributed by atoms with Crippen molar-refractivity contribution in [3.63, 3.8) is 0 Å². The molecule has 1 aromatic carbocycles. The minimum Gasteiger partial charge on any atom is -0.307 e. The molecule has 0 bridgehead atoms. The summed E-state index contributed by atoms with van der Waals surface area (Å²) in [6.45, 7) is 1.03. The summed E-state index contributed by atoms with van der Waals surface area (Å²) < 4.78 is 2.10. The Morgan fingerprint density at radius 2 is 2.05 bits per heavy atom. The molecule has 4 rings (SSSR count). The van der Waals surface area contributed by atoms with Crippen molar-refractivity contribution in [1.29, 1.82) is 0 Å². The Morgan fingerprint density at radius 1 is 1.14 bits per heavy atom. The van der Waals surface area contributed by atoms with Crippen LogP contribution in [0, 0.1) is 0 Å². The molecule has 5 heteroatoms. The van der Waals surface area contributed by atoms with E-state index in [1.165, 1.54) is 12.8 Å². The smallest absolute Gasteiger partial charge is 0.164 e. The number of fused-ring (bicyclic) bond motifs is 1. The largest absolute Gasteiger partial charge is 0.307 e. The van der Waals surface area contributed by atoms with Gasteiger partial charge in [-0.3, -0.25) is 4.57 Å². The van der Waals surface area contributed by atoms with Crippen molar-refractivity contribution in [3.8, 4) is 5.69 Å². The molecule has 1 saturated heterocycles. The van der Waals surface area contributed by atoms with Gasteiger partial charge in [-0.25, -0.2) is 9.97 Å². The maximum atomic E-state index is 6.43. The number of pyridine rings is 1. The van der Waals surface area contributed by atoms with E-state index in [9.17, 15) is 0 Å². The molecule has 1 atom stereocenters. The Balaban J connectivity index is 1.96. The third-order valence-electron chi connectivity index (χ3n) is 4.16. The highest BCUT2D eigenvalue weighted by atomic mass is 35.5. The SMILES string of the molecule is Clc1ccccc1-n1c(C2CCCCN2)nc2cccnc21. The van der Waals surface area contributed by atoms with Gasteiger partial charge in [0, 0.05) is 6.20 Å². The van der Waals surface area contributed by atoms with Gasteiger partial charge >= 0.3 is 0 Å². The highest BCUT2D eigenvalue weighted by molar-refractivity contribution is 6.32. The third-order valence-corrected chi connectivity index (χ3v) is 4.48. The molecule has 1 aliphatic heterocycles. The Bertz CT molecular complexity index is 805. The molecule has 0 amide bonds. The van der Waals surface area contributed by atoms with Crippen LogP contribution in [0.15, 0.2) is 42.6 Å². The number of hydrogen-bond donors (Lipinski definition) is 1. The van der Waals surface area contributed by atoms with Gasteiger partial charge in [-0.15, -0.1) is 0 Å². The van der Waals surface area contributed by atoms with E-state index in [2.05, 4.69) is 14.9 Å². The quantitative estimate of drug-likeness (QED) is 0.780. The van der Waals surface area contributed by atoms with Crippen LogP contribution in [0.3, 0.4) is 0 Å². The van der Waals surface area contributed by atoms with E-state index in [4.69, 9.17) is 16.6 Å². The highest BCUT2D eigenvalue weighted by Crippen LogP contribution is 2.31. The number of para-hydroxylation sites is 1. The molecule has 1 unspecified atom stereocenters. The average molecular weight is 313 g/mol. The zero-order valence-electron chi connectivity index (χ0n) is 12.2. The number of piperidine rings is 1. The van der Waals surface area contributed by atoms with Crippen LogP contribution in [0.4, 0.5) is 0 Å². The molecule has 112 valence electrons. The molecule has 1 fully saturated rings. The molecule has 3 heterocycles. The summed E-state index contributed by atoms with van der Waals surface area (Å²) in [5.41, 5.74) is 2.70. The Hall–Kier alpha value is -1.91. The molecule has 4 nitrogen and oxygen atoms in total. The second-order valence-corrected chi connectivity index (χ2v) is 6.01. The number of rotatable bonds is 2. The lowest BCUT2D eigenvalue weighted by Crippen LogP contribution is -2.29. The summed E-state index contributed by atoms with van der Waals surface area (Å²) in [7, 11) is 0. The van der Waals surface area contributed by atoms with Gasteiger partial charge < -0.3 is 5.32 Å². The molecular formula is C17H17ClN4. The van der Waals surface area contributed by atoms with E-state index in [0.29, 0.717) is 5.02 Å². The average Bonchev–Trinajstić information content (AvgIpc) is 2.95. The second-order valence-electron chi connectivity index (χ2n) is 5.61. The predicted molar refractivity (Wildman–Crippen MR) is 88.5 cm³/mol. The van der Waals surface area contributed by atoms with Gasteiger partial charge in [0.25, 0.3) is 0 Å². The van der Waals surface area contributed by atoms with Crippen molar-refractivity contribution >= 4 is 22.8 Å². The zero-order chi connectivity index (χ0) is 14.9. The summed E-state index contributed by atoms with van der Waals surface area (Å²) >= 11 is 6.43. The van der Waals surface area contributed by atoms with Crippen LogP contribution in [0.2, 0.25) is 5.02 Å². The molecule has 1 aliphatic rings. The molecule has 0 aliphatic carbocycles. The number of benzene rings is 1. The monoisotopic (exact) mass is 312 g/mol. The normalized spacial score (nSPS) is 18.7. The summed E-state index contributed by atoms with van der Waals surface area (Å²) in [5, 5.41) is 4.28. The van der Waals surface area contributed by atoms with Crippen LogP contribution in [0.1, 0.15) is 31.1 Å². The summed E-state index contributed by atoms with van der Waals surface area (Å²) in [5.74, 6) is 1.00. The van der Waals surface area contributed by atoms with Crippen molar-refractivity contribution in [2.75, 3.05) is 6.54 Å². The first-order chi connectivity index (χ1) is 10.8. The van der Waals surface area contributed by atoms with E-state index in [1.54, 1.807) is 6.20 Å². The Labute approximate surface area is 134 Å². The lowest BCUT2D eigenvalue weighted by molar-refractivity contribution is 0.395. The Morgan fingerprint density at radius 3 is 2.86 bits per heavy atom. The summed E-state index contributed by atoms with van der Waals surface area (Å²) in [4.78, 5) is 9.36. The third kappa shape index (κ3) is 2.28. The fourth-order valence-corrected chi connectivity index (χ4v) is 3.33. The van der Waals surface area contributed by atoms with Gasteiger partial charge in [0.1, 0.15) is 11.3 Å². The number of imidazole rings is 1. The fraction of sp³-hybridized carbons (Fsp3) is 0.294. The van der Waals surface area contributed by atoms with Crippen LogP contribution in [-0.2, 0) is 0 Å². The molecule has 1 N–H and O–H groups in total. The van der Waals surface area contributed by atoms with Crippen LogP contribution < -0.4 is 5.32 Å². The van der Waals surface area contributed by atoms with E-state index in [0.717, 1.165) is 35.6 Å². The molecule has 0 radical (unpaired) electrons. The van der Waals surface area contributed by atoms with Gasteiger partial charge in [0.2, 0.25) is 0 Å². The molecule has 0 saturated carbocycles. The molecule has 0 spiro atoms. The zero-order valence-corrected chi connectivity index (χ0v) is 12.9. The van der Waals surface area contributed by atoms with Crippen LogP contribution >= 0.6 is 11.6 Å². The lowest BCUT2D eigenvalue weighted by atomic mass is 10.0. The van der Waals surface area contributed by atoms with Crippen LogP contribution in [-0.4, -0.2) is 21.1 Å². The van der Waals surface area contributed by atoms with Gasteiger partial charge in [-0.05, 0) is 43.7 Å². The van der Waals surface area contributed by atoms with Crippen LogP contribution in [0.25, 0.3) is 16.9 Å². The fourth-order valence-electron chi connectivity index (χ4n) is 3.11. The second kappa shape index (κ2) is 5.71. The lowest BCUT2D eigenvalue weighted by Gasteiger charge is -2.24. The first kappa shape index (κ1) is 13.7. The number of nitrogens with one attached hydrogen (secondary N) is 1. The molecule has 3 aromatic rings. The van der Waals surface area contributed by atoms with Crippen LogP contribution in [0.5, 0.6) is 0 Å². The topological polar surface area (TPSA) is 42.7 Å². The minimum atomic E-state index is 0.249. The van der Waals surface area contributed by atoms with Gasteiger partial charge in [0.15, 0.2) is 5.65 Å². The molecule has 2 aromatic heterocycles. The van der Waals surface area contributed by atoms with Gasteiger partial charge in [-0.1, -0.05) is 30.2 Å². The summed E-state index contributed by atoms with van der Waals surface area (Å²) in [6, 6.07) is 12.0. The molecular weight excluding hydrogens is 296 g/mol. The van der Waals surface area contributed by atoms with Crippen molar-refractivity contribution in [2.24, 2.45) is 0 Å². The number of hydrogen-bond acceptors (Lipinski definition) is 3. The van der Waals surface area contributed by atoms with E-state index < -0.39 is 0 Å². The van der Waals surface area contributed by atoms with Crippen molar-refractivity contribution < 1.29 is 0 Å². The maximum Gasteiger partial charge on any atom is 0.164 e. The summed E-state index contributed by atoms with van der Waals surface area (Å²) in [6.07, 6.45) is 5.33. The Kier molecular flexibility index (Phi) is 3.56. The minimum absolute atomic E-state index is 0.249. The number of halogens is 1. The van der Waals surface area contributed by atoms with E-state index >= 15 is 0 Å². The van der Waals surface area contributed by atoms with Crippen molar-refractivity contribution in [1.82, 2.24) is 19.9 Å². The highest BCUT2D eigenvalue weighted by Gasteiger charge is 2.24. The maximum absolute atomic E-state index is 6.43. The number of aromatic nitrogens is 3. The van der Waals surface area contributed by atoms with Gasteiger partial charge in [-0.2, -0.15) is 0 Å². The number of nitrogens with zero attached hydrogens (tertiary/aromatic N) is 3. The van der Waals surface area contributed by atoms with E-state index in [-0.39, 0.29) is 6.04 Å². The first-order valence-electron chi connectivity index (χ1n) is 7.66. The first-order valence-corrected chi connectivity index (χ1v) is 8.04.